The van der Waals surface area contributed by atoms with Crippen molar-refractivity contribution < 1.29 is 19.4 Å². The molecular weight excluding hydrogens is 210 g/mol. The van der Waals surface area contributed by atoms with E-state index in [1.54, 1.807) is 0 Å². The molecule has 2 fully saturated rings. The van der Waals surface area contributed by atoms with Gasteiger partial charge in [-0.3, -0.25) is 4.79 Å². The standard InChI is InChI=1S/C11H17NO4/c13-8-12(9-2-3-9)11(10(14)15)4-1-6-16-7-5-11/h8-9H,1-7H2,(H,14,15). The van der Waals surface area contributed by atoms with E-state index in [1.807, 2.05) is 0 Å². The summed E-state index contributed by atoms with van der Waals surface area (Å²) in [6.07, 6.45) is 4.15. The maximum Gasteiger partial charge on any atom is 0.329 e. The summed E-state index contributed by atoms with van der Waals surface area (Å²) in [4.78, 5) is 24.2. The maximum atomic E-state index is 11.5. The van der Waals surface area contributed by atoms with Crippen LogP contribution in [0, 0.1) is 0 Å². The average Bonchev–Trinajstić information content (AvgIpc) is 3.05. The van der Waals surface area contributed by atoms with E-state index in [4.69, 9.17) is 4.74 Å². The quantitative estimate of drug-likeness (QED) is 0.715. The van der Waals surface area contributed by atoms with Crippen LogP contribution in [0.3, 0.4) is 0 Å². The minimum absolute atomic E-state index is 0.131. The first kappa shape index (κ1) is 11.4. The van der Waals surface area contributed by atoms with Crippen LogP contribution in [0.4, 0.5) is 0 Å². The molecule has 1 heterocycles. The molecule has 2 rings (SSSR count). The highest BCUT2D eigenvalue weighted by molar-refractivity contribution is 5.81. The van der Waals surface area contributed by atoms with Gasteiger partial charge in [-0.15, -0.1) is 0 Å². The number of rotatable bonds is 4. The SMILES string of the molecule is O=CN(C1CC1)C1(C(=O)O)CCCOCC1. The summed E-state index contributed by atoms with van der Waals surface area (Å²) < 4.78 is 5.29. The molecule has 5 nitrogen and oxygen atoms in total. The summed E-state index contributed by atoms with van der Waals surface area (Å²) in [5.41, 5.74) is -1.03. The molecule has 0 aromatic rings. The monoisotopic (exact) mass is 227 g/mol. The zero-order valence-corrected chi connectivity index (χ0v) is 9.22. The van der Waals surface area contributed by atoms with Crippen molar-refractivity contribution in [2.75, 3.05) is 13.2 Å². The third kappa shape index (κ3) is 1.91. The van der Waals surface area contributed by atoms with Crippen LogP contribution < -0.4 is 0 Å². The second-order valence-electron chi connectivity index (χ2n) is 4.55. The van der Waals surface area contributed by atoms with Crippen LogP contribution >= 0.6 is 0 Å². The molecule has 1 unspecified atom stereocenters. The Labute approximate surface area is 94.4 Å². The Morgan fingerprint density at radius 1 is 1.38 bits per heavy atom. The van der Waals surface area contributed by atoms with E-state index < -0.39 is 11.5 Å². The fourth-order valence-electron chi connectivity index (χ4n) is 2.41. The number of hydrogen-bond donors (Lipinski definition) is 1. The molecule has 1 aliphatic heterocycles. The lowest BCUT2D eigenvalue weighted by molar-refractivity contribution is -0.157. The number of nitrogens with zero attached hydrogens (tertiary/aromatic N) is 1. The zero-order chi connectivity index (χ0) is 11.6. The van der Waals surface area contributed by atoms with Gasteiger partial charge < -0.3 is 14.7 Å². The van der Waals surface area contributed by atoms with Gasteiger partial charge in [0.2, 0.25) is 6.41 Å². The molecule has 0 radical (unpaired) electrons. The first-order chi connectivity index (χ1) is 7.70. The number of carbonyl (C=O) groups excluding carboxylic acids is 1. The second-order valence-corrected chi connectivity index (χ2v) is 4.55. The number of hydrogen-bond acceptors (Lipinski definition) is 3. The van der Waals surface area contributed by atoms with Gasteiger partial charge in [0.15, 0.2) is 0 Å². The topological polar surface area (TPSA) is 66.8 Å². The predicted molar refractivity (Wildman–Crippen MR) is 56.0 cm³/mol. The minimum atomic E-state index is -1.03. The van der Waals surface area contributed by atoms with Crippen LogP contribution in [-0.4, -0.2) is 47.2 Å². The summed E-state index contributed by atoms with van der Waals surface area (Å²) in [7, 11) is 0. The number of amides is 1. The van der Waals surface area contributed by atoms with Gasteiger partial charge in [0.25, 0.3) is 0 Å². The van der Waals surface area contributed by atoms with Crippen molar-refractivity contribution in [2.24, 2.45) is 0 Å². The van der Waals surface area contributed by atoms with E-state index in [0.717, 1.165) is 12.8 Å². The molecule has 2 aliphatic rings. The van der Waals surface area contributed by atoms with Crippen molar-refractivity contribution in [1.29, 1.82) is 0 Å². The largest absolute Gasteiger partial charge is 0.479 e. The Hall–Kier alpha value is -1.10. The lowest BCUT2D eigenvalue weighted by Gasteiger charge is -2.37. The third-order valence-electron chi connectivity index (χ3n) is 3.49. The van der Waals surface area contributed by atoms with Gasteiger partial charge in [0.1, 0.15) is 5.54 Å². The molecule has 1 aliphatic carbocycles. The lowest BCUT2D eigenvalue weighted by Crippen LogP contribution is -2.55. The molecular formula is C11H17NO4. The molecule has 1 atom stereocenters. The minimum Gasteiger partial charge on any atom is -0.479 e. The molecule has 16 heavy (non-hydrogen) atoms. The second kappa shape index (κ2) is 4.41. The molecule has 0 spiro atoms. The van der Waals surface area contributed by atoms with Gasteiger partial charge in [-0.25, -0.2) is 4.79 Å². The molecule has 0 bridgehead atoms. The van der Waals surface area contributed by atoms with Crippen LogP contribution in [0.1, 0.15) is 32.1 Å². The Balaban J connectivity index is 2.23. The first-order valence-electron chi connectivity index (χ1n) is 5.75. The third-order valence-corrected chi connectivity index (χ3v) is 3.49. The van der Waals surface area contributed by atoms with Crippen molar-refractivity contribution in [1.82, 2.24) is 4.90 Å². The Morgan fingerprint density at radius 2 is 2.12 bits per heavy atom. The van der Waals surface area contributed by atoms with Crippen LogP contribution in [0.15, 0.2) is 0 Å². The van der Waals surface area contributed by atoms with E-state index >= 15 is 0 Å². The van der Waals surface area contributed by atoms with Gasteiger partial charge in [0.05, 0.1) is 0 Å². The predicted octanol–water partition coefficient (Wildman–Crippen LogP) is 0.631. The normalized spacial score (nSPS) is 30.5. The number of aliphatic carboxylic acids is 1. The number of carbonyl (C=O) groups is 2. The van der Waals surface area contributed by atoms with Crippen molar-refractivity contribution in [3.8, 4) is 0 Å². The van der Waals surface area contributed by atoms with Crippen LogP contribution in [0.25, 0.3) is 0 Å². The van der Waals surface area contributed by atoms with Crippen molar-refractivity contribution >= 4 is 12.4 Å². The summed E-state index contributed by atoms with van der Waals surface area (Å²) in [5, 5.41) is 9.44. The van der Waals surface area contributed by atoms with Crippen LogP contribution in [0.5, 0.6) is 0 Å². The first-order valence-corrected chi connectivity index (χ1v) is 5.75. The Morgan fingerprint density at radius 3 is 2.69 bits per heavy atom. The van der Waals surface area contributed by atoms with Crippen LogP contribution in [-0.2, 0) is 14.3 Å². The molecule has 5 heteroatoms. The van der Waals surface area contributed by atoms with Crippen molar-refractivity contribution in [2.45, 2.75) is 43.7 Å². The van der Waals surface area contributed by atoms with E-state index in [2.05, 4.69) is 0 Å². The zero-order valence-electron chi connectivity index (χ0n) is 9.22. The van der Waals surface area contributed by atoms with E-state index in [9.17, 15) is 14.7 Å². The molecule has 1 saturated heterocycles. The molecule has 1 saturated carbocycles. The lowest BCUT2D eigenvalue weighted by atomic mass is 9.88. The van der Waals surface area contributed by atoms with E-state index in [1.165, 1.54) is 4.90 Å². The van der Waals surface area contributed by atoms with Gasteiger partial charge in [-0.1, -0.05) is 0 Å². The van der Waals surface area contributed by atoms with Gasteiger partial charge in [0, 0.05) is 25.7 Å². The number of carboxylic acids is 1. The maximum absolute atomic E-state index is 11.5. The summed E-state index contributed by atoms with van der Waals surface area (Å²) in [5.74, 6) is -0.892. The summed E-state index contributed by atoms with van der Waals surface area (Å²) >= 11 is 0. The smallest absolute Gasteiger partial charge is 0.329 e. The average molecular weight is 227 g/mol. The highest BCUT2D eigenvalue weighted by atomic mass is 16.5. The summed E-state index contributed by atoms with van der Waals surface area (Å²) in [6, 6.07) is 0.131. The molecule has 1 amide bonds. The number of carboxylic acid groups (broad SMARTS) is 1. The fraction of sp³-hybridized carbons (Fsp3) is 0.818. The Kier molecular flexibility index (Phi) is 3.14. The Bertz CT molecular complexity index is 280. The summed E-state index contributed by atoms with van der Waals surface area (Å²) in [6.45, 7) is 1.01. The molecule has 0 aromatic heterocycles. The van der Waals surface area contributed by atoms with Gasteiger partial charge in [-0.05, 0) is 25.7 Å². The van der Waals surface area contributed by atoms with E-state index in [-0.39, 0.29) is 6.04 Å². The molecule has 90 valence electrons. The van der Waals surface area contributed by atoms with Crippen molar-refractivity contribution in [3.63, 3.8) is 0 Å². The highest BCUT2D eigenvalue weighted by Gasteiger charge is 2.49. The van der Waals surface area contributed by atoms with Crippen LogP contribution in [0.2, 0.25) is 0 Å². The van der Waals surface area contributed by atoms with E-state index in [0.29, 0.717) is 38.9 Å². The molecule has 0 aromatic carbocycles. The molecule has 1 N–H and O–H groups in total. The number of ether oxygens (including phenoxy) is 1. The van der Waals surface area contributed by atoms with Gasteiger partial charge in [-0.2, -0.15) is 0 Å². The fourth-order valence-corrected chi connectivity index (χ4v) is 2.41. The van der Waals surface area contributed by atoms with Gasteiger partial charge >= 0.3 is 5.97 Å². The van der Waals surface area contributed by atoms with Crippen molar-refractivity contribution in [3.05, 3.63) is 0 Å². The highest BCUT2D eigenvalue weighted by Crippen LogP contribution is 2.37.